The number of benzene rings is 1. The van der Waals surface area contributed by atoms with E-state index in [-0.39, 0.29) is 22.5 Å². The number of morpholine rings is 1. The van der Waals surface area contributed by atoms with Crippen LogP contribution in [0, 0.1) is 5.82 Å². The van der Waals surface area contributed by atoms with Gasteiger partial charge in [-0.15, -0.1) is 0 Å². The van der Waals surface area contributed by atoms with Crippen molar-refractivity contribution < 1.29 is 27.1 Å². The average molecular weight is 401 g/mol. The van der Waals surface area contributed by atoms with E-state index >= 15 is 0 Å². The van der Waals surface area contributed by atoms with Crippen LogP contribution in [0.15, 0.2) is 35.5 Å². The molecule has 0 spiro atoms. The zero-order chi connectivity index (χ0) is 19.4. The number of hydrogen-bond donors (Lipinski definition) is 0. The number of aromatic nitrogens is 2. The van der Waals surface area contributed by atoms with E-state index in [0.717, 1.165) is 30.0 Å². The predicted molar refractivity (Wildman–Crippen MR) is 90.6 cm³/mol. The summed E-state index contributed by atoms with van der Waals surface area (Å²) in [6.45, 7) is 1.77. The molecule has 2 aromatic rings. The van der Waals surface area contributed by atoms with E-state index in [1.54, 1.807) is 4.90 Å². The molecule has 27 heavy (non-hydrogen) atoms. The molecule has 1 amide bonds. The van der Waals surface area contributed by atoms with Crippen molar-refractivity contribution in [2.24, 2.45) is 0 Å². The second-order valence-corrected chi connectivity index (χ2v) is 6.65. The zero-order valence-corrected chi connectivity index (χ0v) is 14.8. The Hall–Kier alpha value is -2.20. The Morgan fingerprint density at radius 2 is 1.81 bits per heavy atom. The number of halogens is 4. The maximum Gasteiger partial charge on any atom is 0.433 e. The molecule has 0 unspecified atom stereocenters. The Balaban J connectivity index is 1.82. The molecule has 0 radical (unpaired) electrons. The van der Waals surface area contributed by atoms with Gasteiger partial charge in [0.1, 0.15) is 11.5 Å². The van der Waals surface area contributed by atoms with Crippen molar-refractivity contribution in [1.82, 2.24) is 14.9 Å². The lowest BCUT2D eigenvalue weighted by Gasteiger charge is -2.26. The standard InChI is InChI=1S/C17H15F4N3O2S/c18-12-3-1-11(2-4-12)13-9-14(17(19,20)21)23-16(22-13)27-10-15(25)24-5-7-26-8-6-24/h1-4,9H,5-8,10H2. The SMILES string of the molecule is O=C(CSc1nc(-c2ccc(F)cc2)cc(C(F)(F)F)n1)N1CCOCC1. The number of thioether (sulfide) groups is 1. The molecular weight excluding hydrogens is 386 g/mol. The molecule has 144 valence electrons. The van der Waals surface area contributed by atoms with Crippen LogP contribution in [0.25, 0.3) is 11.3 Å². The third-order valence-corrected chi connectivity index (χ3v) is 4.66. The first-order chi connectivity index (χ1) is 12.8. The van der Waals surface area contributed by atoms with Crippen LogP contribution in [-0.4, -0.2) is 52.8 Å². The fourth-order valence-corrected chi connectivity index (χ4v) is 3.19. The molecule has 1 aliphatic heterocycles. The van der Waals surface area contributed by atoms with Crippen molar-refractivity contribution in [3.05, 3.63) is 41.8 Å². The van der Waals surface area contributed by atoms with Gasteiger partial charge in [0.2, 0.25) is 5.91 Å². The highest BCUT2D eigenvalue weighted by Crippen LogP contribution is 2.32. The van der Waals surface area contributed by atoms with E-state index < -0.39 is 17.7 Å². The minimum absolute atomic E-state index is 0.0126. The number of ether oxygens (including phenoxy) is 1. The number of rotatable bonds is 4. The van der Waals surface area contributed by atoms with E-state index in [2.05, 4.69) is 9.97 Å². The Morgan fingerprint density at radius 1 is 1.15 bits per heavy atom. The molecule has 0 aliphatic carbocycles. The molecule has 0 bridgehead atoms. The highest BCUT2D eigenvalue weighted by atomic mass is 32.2. The molecule has 1 aliphatic rings. The van der Waals surface area contributed by atoms with Gasteiger partial charge in [-0.1, -0.05) is 11.8 Å². The number of nitrogens with zero attached hydrogens (tertiary/aromatic N) is 3. The lowest BCUT2D eigenvalue weighted by Crippen LogP contribution is -2.41. The second kappa shape index (κ2) is 8.22. The zero-order valence-electron chi connectivity index (χ0n) is 14.0. The van der Waals surface area contributed by atoms with Gasteiger partial charge < -0.3 is 9.64 Å². The monoisotopic (exact) mass is 401 g/mol. The van der Waals surface area contributed by atoms with Crippen molar-refractivity contribution in [2.75, 3.05) is 32.1 Å². The minimum Gasteiger partial charge on any atom is -0.378 e. The normalized spacial score (nSPS) is 15.0. The smallest absolute Gasteiger partial charge is 0.378 e. The fourth-order valence-electron chi connectivity index (χ4n) is 2.43. The molecule has 1 fully saturated rings. The number of carbonyl (C=O) groups is 1. The number of amides is 1. The third kappa shape index (κ3) is 5.16. The van der Waals surface area contributed by atoms with E-state index in [1.807, 2.05) is 0 Å². The quantitative estimate of drug-likeness (QED) is 0.447. The predicted octanol–water partition coefficient (Wildman–Crippen LogP) is 3.25. The van der Waals surface area contributed by atoms with E-state index in [1.165, 1.54) is 12.1 Å². The molecular formula is C17H15F4N3O2S. The largest absolute Gasteiger partial charge is 0.433 e. The summed E-state index contributed by atoms with van der Waals surface area (Å²) in [6.07, 6.45) is -4.67. The van der Waals surface area contributed by atoms with Gasteiger partial charge in [-0.3, -0.25) is 4.79 Å². The second-order valence-electron chi connectivity index (χ2n) is 5.71. The third-order valence-electron chi connectivity index (χ3n) is 3.82. The van der Waals surface area contributed by atoms with Crippen LogP contribution in [0.5, 0.6) is 0 Å². The lowest BCUT2D eigenvalue weighted by molar-refractivity contribution is -0.141. The topological polar surface area (TPSA) is 55.3 Å². The molecule has 0 N–H and O–H groups in total. The van der Waals surface area contributed by atoms with Crippen LogP contribution < -0.4 is 0 Å². The summed E-state index contributed by atoms with van der Waals surface area (Å²) in [5.41, 5.74) is -0.776. The van der Waals surface area contributed by atoms with Gasteiger partial charge in [0, 0.05) is 18.7 Å². The lowest BCUT2D eigenvalue weighted by atomic mass is 10.1. The van der Waals surface area contributed by atoms with Crippen LogP contribution in [0.3, 0.4) is 0 Å². The van der Waals surface area contributed by atoms with Gasteiger partial charge in [0.25, 0.3) is 0 Å². The summed E-state index contributed by atoms with van der Waals surface area (Å²) in [4.78, 5) is 21.4. The molecule has 2 heterocycles. The molecule has 1 aromatic carbocycles. The van der Waals surface area contributed by atoms with Gasteiger partial charge >= 0.3 is 6.18 Å². The first-order valence-corrected chi connectivity index (χ1v) is 9.02. The van der Waals surface area contributed by atoms with Gasteiger partial charge in [0.05, 0.1) is 24.7 Å². The summed E-state index contributed by atoms with van der Waals surface area (Å²) in [5.74, 6) is -0.799. The van der Waals surface area contributed by atoms with Crippen molar-refractivity contribution >= 4 is 17.7 Å². The van der Waals surface area contributed by atoms with Crippen LogP contribution in [0.2, 0.25) is 0 Å². The van der Waals surface area contributed by atoms with Gasteiger partial charge in [-0.2, -0.15) is 13.2 Å². The Morgan fingerprint density at radius 3 is 2.44 bits per heavy atom. The van der Waals surface area contributed by atoms with Gasteiger partial charge in [-0.25, -0.2) is 14.4 Å². The molecule has 1 saturated heterocycles. The van der Waals surface area contributed by atoms with Crippen LogP contribution in [-0.2, 0) is 15.7 Å². The van der Waals surface area contributed by atoms with Crippen LogP contribution in [0.1, 0.15) is 5.69 Å². The Kier molecular flexibility index (Phi) is 5.95. The van der Waals surface area contributed by atoms with Crippen molar-refractivity contribution in [3.8, 4) is 11.3 Å². The molecule has 5 nitrogen and oxygen atoms in total. The molecule has 0 saturated carbocycles. The van der Waals surface area contributed by atoms with Crippen molar-refractivity contribution in [3.63, 3.8) is 0 Å². The minimum atomic E-state index is -4.67. The number of hydrogen-bond acceptors (Lipinski definition) is 5. The van der Waals surface area contributed by atoms with Crippen LogP contribution in [0.4, 0.5) is 17.6 Å². The summed E-state index contributed by atoms with van der Waals surface area (Å²) in [6, 6.07) is 5.76. The summed E-state index contributed by atoms with van der Waals surface area (Å²) in [5, 5.41) is -0.161. The van der Waals surface area contributed by atoms with E-state index in [0.29, 0.717) is 31.9 Å². The number of carbonyl (C=O) groups excluding carboxylic acids is 1. The summed E-state index contributed by atoms with van der Waals surface area (Å²) in [7, 11) is 0. The summed E-state index contributed by atoms with van der Waals surface area (Å²) < 4.78 is 57.7. The first kappa shape index (κ1) is 19.6. The molecule has 0 atom stereocenters. The van der Waals surface area contributed by atoms with Crippen molar-refractivity contribution in [1.29, 1.82) is 0 Å². The fraction of sp³-hybridized carbons (Fsp3) is 0.353. The Bertz CT molecular complexity index is 809. The van der Waals surface area contributed by atoms with Crippen molar-refractivity contribution in [2.45, 2.75) is 11.3 Å². The number of alkyl halides is 3. The van der Waals surface area contributed by atoms with E-state index in [4.69, 9.17) is 4.74 Å². The van der Waals surface area contributed by atoms with E-state index in [9.17, 15) is 22.4 Å². The summed E-state index contributed by atoms with van der Waals surface area (Å²) >= 11 is 0.836. The first-order valence-electron chi connectivity index (χ1n) is 8.03. The highest BCUT2D eigenvalue weighted by molar-refractivity contribution is 7.99. The Labute approximate surface area is 156 Å². The van der Waals surface area contributed by atoms with Crippen LogP contribution >= 0.6 is 11.8 Å². The van der Waals surface area contributed by atoms with Gasteiger partial charge in [0.15, 0.2) is 5.16 Å². The maximum atomic E-state index is 13.2. The molecule has 1 aromatic heterocycles. The highest BCUT2D eigenvalue weighted by Gasteiger charge is 2.34. The maximum absolute atomic E-state index is 13.2. The molecule has 10 heteroatoms. The average Bonchev–Trinajstić information content (AvgIpc) is 2.66. The molecule has 3 rings (SSSR count). The van der Waals surface area contributed by atoms with Gasteiger partial charge in [-0.05, 0) is 30.3 Å².